The highest BCUT2D eigenvalue weighted by Gasteiger charge is 2.39. The zero-order valence-electron chi connectivity index (χ0n) is 23.1. The molecule has 1 atom stereocenters. The molecule has 0 amide bonds. The molecule has 7 rings (SSSR count). The Kier molecular flexibility index (Phi) is 6.19. The minimum atomic E-state index is -0.153. The molecule has 2 N–H and O–H groups in total. The van der Waals surface area contributed by atoms with Crippen molar-refractivity contribution in [1.82, 2.24) is 29.6 Å². The van der Waals surface area contributed by atoms with Crippen LogP contribution in [0.4, 0.5) is 17.3 Å². The maximum absolute atomic E-state index is 13.3. The molecule has 1 unspecified atom stereocenters. The number of rotatable bonds is 6. The third kappa shape index (κ3) is 4.29. The Bertz CT molecular complexity index is 1620. The van der Waals surface area contributed by atoms with Crippen molar-refractivity contribution in [3.8, 4) is 5.82 Å². The summed E-state index contributed by atoms with van der Waals surface area (Å²) < 4.78 is 3.45. The first-order chi connectivity index (χ1) is 19.5. The number of pyridine rings is 1. The van der Waals surface area contributed by atoms with Crippen LogP contribution in [0.15, 0.2) is 60.0 Å². The van der Waals surface area contributed by atoms with Gasteiger partial charge in [0.1, 0.15) is 5.39 Å². The van der Waals surface area contributed by atoms with Crippen molar-refractivity contribution >= 4 is 28.4 Å². The fraction of sp³-hybridized carbons (Fsp3) is 0.419. The number of fused-ring (bicyclic) bond motifs is 2. The number of aromatic nitrogens is 5. The molecule has 4 aromatic rings. The Morgan fingerprint density at radius 1 is 1.12 bits per heavy atom. The van der Waals surface area contributed by atoms with E-state index >= 15 is 0 Å². The Hall–Kier alpha value is -3.98. The maximum Gasteiger partial charge on any atom is 0.278 e. The predicted molar refractivity (Wildman–Crippen MR) is 159 cm³/mol. The van der Waals surface area contributed by atoms with Crippen molar-refractivity contribution in [2.75, 3.05) is 36.4 Å². The molecular formula is C31H36N8O. The van der Waals surface area contributed by atoms with E-state index in [-0.39, 0.29) is 5.56 Å². The largest absolute Gasteiger partial charge is 0.371 e. The molecule has 2 fully saturated rings. The van der Waals surface area contributed by atoms with E-state index in [1.807, 2.05) is 10.7 Å². The van der Waals surface area contributed by atoms with E-state index in [0.717, 1.165) is 37.3 Å². The highest BCUT2D eigenvalue weighted by Crippen LogP contribution is 2.37. The quantitative estimate of drug-likeness (QED) is 0.350. The van der Waals surface area contributed by atoms with Gasteiger partial charge in [-0.2, -0.15) is 4.98 Å². The topological polar surface area (TPSA) is 92.9 Å². The smallest absolute Gasteiger partial charge is 0.278 e. The van der Waals surface area contributed by atoms with Crippen molar-refractivity contribution in [2.24, 2.45) is 5.41 Å². The average molecular weight is 537 g/mol. The van der Waals surface area contributed by atoms with Crippen molar-refractivity contribution in [3.05, 3.63) is 76.9 Å². The number of aryl methyl sites for hydroxylation is 1. The first-order valence-electron chi connectivity index (χ1n) is 14.5. The second kappa shape index (κ2) is 9.89. The number of nitrogens with zero attached hydrogens (tertiary/aromatic N) is 6. The maximum atomic E-state index is 13.3. The van der Waals surface area contributed by atoms with Crippen LogP contribution >= 0.6 is 0 Å². The molecule has 5 heterocycles. The fourth-order valence-electron chi connectivity index (χ4n) is 6.55. The number of nitrogens with one attached hydrogen (secondary N) is 2. The molecule has 3 aromatic heterocycles. The summed E-state index contributed by atoms with van der Waals surface area (Å²) in [5.74, 6) is 1.52. The van der Waals surface area contributed by atoms with Crippen molar-refractivity contribution in [3.63, 3.8) is 0 Å². The van der Waals surface area contributed by atoms with Gasteiger partial charge in [-0.05, 0) is 79.3 Å². The Morgan fingerprint density at radius 2 is 1.93 bits per heavy atom. The molecule has 206 valence electrons. The van der Waals surface area contributed by atoms with Crippen molar-refractivity contribution in [2.45, 2.75) is 51.5 Å². The van der Waals surface area contributed by atoms with E-state index in [1.54, 1.807) is 17.0 Å². The summed E-state index contributed by atoms with van der Waals surface area (Å²) in [6.07, 6.45) is 9.18. The molecule has 9 heteroatoms. The van der Waals surface area contributed by atoms with Gasteiger partial charge in [0.15, 0.2) is 11.5 Å². The van der Waals surface area contributed by atoms with Gasteiger partial charge in [-0.3, -0.25) is 4.79 Å². The zero-order chi connectivity index (χ0) is 27.3. The zero-order valence-corrected chi connectivity index (χ0v) is 23.1. The van der Waals surface area contributed by atoms with Gasteiger partial charge in [-0.1, -0.05) is 19.1 Å². The summed E-state index contributed by atoms with van der Waals surface area (Å²) in [5.41, 5.74) is 5.47. The number of benzene rings is 1. The second-order valence-electron chi connectivity index (χ2n) is 11.7. The van der Waals surface area contributed by atoms with Gasteiger partial charge >= 0.3 is 0 Å². The molecule has 0 bridgehead atoms. The van der Waals surface area contributed by atoms with Gasteiger partial charge in [0.25, 0.3) is 5.56 Å². The molecule has 0 saturated carbocycles. The number of hydrogen-bond acceptors (Lipinski definition) is 7. The average Bonchev–Trinajstić information content (AvgIpc) is 3.23. The van der Waals surface area contributed by atoms with Crippen LogP contribution in [0.3, 0.4) is 0 Å². The van der Waals surface area contributed by atoms with E-state index in [9.17, 15) is 4.79 Å². The van der Waals surface area contributed by atoms with Crippen LogP contribution in [0.25, 0.3) is 16.9 Å². The molecule has 9 nitrogen and oxygen atoms in total. The van der Waals surface area contributed by atoms with Gasteiger partial charge in [0, 0.05) is 49.4 Å². The van der Waals surface area contributed by atoms with E-state index in [1.165, 1.54) is 43.6 Å². The van der Waals surface area contributed by atoms with Crippen LogP contribution in [0.1, 0.15) is 49.8 Å². The third-order valence-corrected chi connectivity index (χ3v) is 9.05. The van der Waals surface area contributed by atoms with Crippen LogP contribution < -0.4 is 21.1 Å². The number of hydrogen-bond donors (Lipinski definition) is 2. The summed E-state index contributed by atoms with van der Waals surface area (Å²) >= 11 is 0. The molecular weight excluding hydrogens is 500 g/mol. The lowest BCUT2D eigenvalue weighted by Crippen LogP contribution is -2.58. The fourth-order valence-corrected chi connectivity index (χ4v) is 6.55. The van der Waals surface area contributed by atoms with Gasteiger partial charge in [-0.25, -0.2) is 19.3 Å². The first-order valence-corrected chi connectivity index (χ1v) is 14.5. The van der Waals surface area contributed by atoms with E-state index in [0.29, 0.717) is 40.7 Å². The first kappa shape index (κ1) is 25.0. The van der Waals surface area contributed by atoms with Crippen LogP contribution in [-0.4, -0.2) is 50.5 Å². The normalized spacial score (nSPS) is 19.8. The lowest BCUT2D eigenvalue weighted by atomic mass is 9.73. The minimum Gasteiger partial charge on any atom is -0.371 e. The standard InChI is InChI=1S/C31H36N8O/c1-3-15-38-29(40)25-18-33-30(36-28(25)39(38)26-12-7-22-6-4-5-21(2)27(22)35-26)34-23-8-10-24(11-9-23)37-16-13-31(14-17-37)19-32-20-31/h3,7-12,18,21,32H,1,4-6,13-17,19-20H2,2H3,(H,33,34,36). The SMILES string of the molecule is C=CCn1c(=O)c2cnc(Nc3ccc(N4CCC5(CC4)CNC5)cc3)nc2n1-c1ccc2c(n1)C(C)CCC2. The monoisotopic (exact) mass is 536 g/mol. The molecule has 40 heavy (non-hydrogen) atoms. The lowest BCUT2D eigenvalue weighted by molar-refractivity contribution is 0.126. The number of anilines is 3. The Morgan fingerprint density at radius 3 is 2.65 bits per heavy atom. The van der Waals surface area contributed by atoms with E-state index < -0.39 is 0 Å². The highest BCUT2D eigenvalue weighted by atomic mass is 16.1. The molecule has 1 spiro atoms. The number of allylic oxidation sites excluding steroid dienone is 1. The third-order valence-electron chi connectivity index (χ3n) is 9.05. The molecule has 0 radical (unpaired) electrons. The Balaban J connectivity index is 1.18. The van der Waals surface area contributed by atoms with Crippen molar-refractivity contribution < 1.29 is 0 Å². The predicted octanol–water partition coefficient (Wildman–Crippen LogP) is 4.54. The molecule has 2 saturated heterocycles. The molecule has 2 aliphatic heterocycles. The van der Waals surface area contributed by atoms with Crippen LogP contribution in [0.5, 0.6) is 0 Å². The van der Waals surface area contributed by atoms with Crippen LogP contribution in [0.2, 0.25) is 0 Å². The molecule has 1 aromatic carbocycles. The summed E-state index contributed by atoms with van der Waals surface area (Å²) in [7, 11) is 0. The summed E-state index contributed by atoms with van der Waals surface area (Å²) in [5, 5.41) is 7.24. The van der Waals surface area contributed by atoms with E-state index in [2.05, 4.69) is 64.4 Å². The van der Waals surface area contributed by atoms with Gasteiger partial charge in [-0.15, -0.1) is 6.58 Å². The second-order valence-corrected chi connectivity index (χ2v) is 11.7. The number of piperidine rings is 1. The van der Waals surface area contributed by atoms with Crippen LogP contribution in [-0.2, 0) is 13.0 Å². The van der Waals surface area contributed by atoms with Gasteiger partial charge in [0.05, 0.1) is 6.54 Å². The summed E-state index contributed by atoms with van der Waals surface area (Å²) in [6.45, 7) is 11.0. The Labute approximate surface area is 233 Å². The van der Waals surface area contributed by atoms with Crippen molar-refractivity contribution in [1.29, 1.82) is 0 Å². The highest BCUT2D eigenvalue weighted by molar-refractivity contribution is 5.77. The minimum absolute atomic E-state index is 0.153. The lowest BCUT2D eigenvalue weighted by Gasteiger charge is -2.49. The summed E-state index contributed by atoms with van der Waals surface area (Å²) in [6, 6.07) is 12.6. The van der Waals surface area contributed by atoms with E-state index in [4.69, 9.17) is 9.97 Å². The summed E-state index contributed by atoms with van der Waals surface area (Å²) in [4.78, 5) is 30.2. The van der Waals surface area contributed by atoms with Gasteiger partial charge in [0.2, 0.25) is 5.95 Å². The van der Waals surface area contributed by atoms with Crippen LogP contribution in [0, 0.1) is 5.41 Å². The molecule has 3 aliphatic rings. The molecule has 1 aliphatic carbocycles. The van der Waals surface area contributed by atoms with Gasteiger partial charge < -0.3 is 15.5 Å².